The minimum atomic E-state index is -0.558. The number of aromatic amines is 1. The second-order valence-electron chi connectivity index (χ2n) is 8.26. The Morgan fingerprint density at radius 3 is 2.47 bits per heavy atom. The van der Waals surface area contributed by atoms with Gasteiger partial charge in [-0.25, -0.2) is 4.79 Å². The highest BCUT2D eigenvalue weighted by Crippen LogP contribution is 2.20. The molecule has 3 heterocycles. The van der Waals surface area contributed by atoms with Crippen LogP contribution in [-0.2, 0) is 11.8 Å². The van der Waals surface area contributed by atoms with Gasteiger partial charge in [-0.05, 0) is 46.1 Å². The van der Waals surface area contributed by atoms with Gasteiger partial charge in [0.05, 0.1) is 11.6 Å². The molecule has 0 aromatic carbocycles. The number of H-pyrrole nitrogens is 1. The van der Waals surface area contributed by atoms with E-state index in [9.17, 15) is 14.4 Å². The first kappa shape index (κ1) is 27.3. The van der Waals surface area contributed by atoms with E-state index in [1.165, 1.54) is 4.57 Å². The number of nitrogens with one attached hydrogen (secondary N) is 2. The van der Waals surface area contributed by atoms with Crippen LogP contribution in [0.3, 0.4) is 0 Å². The zero-order valence-electron chi connectivity index (χ0n) is 20.9. The third kappa shape index (κ3) is 6.87. The van der Waals surface area contributed by atoms with Gasteiger partial charge in [-0.1, -0.05) is 27.7 Å². The Bertz CT molecular complexity index is 940. The molecule has 0 saturated carbocycles. The van der Waals surface area contributed by atoms with Gasteiger partial charge in [0.15, 0.2) is 0 Å². The Labute approximate surface area is 191 Å². The Morgan fingerprint density at radius 2 is 1.84 bits per heavy atom. The topological polar surface area (TPSA) is 96.4 Å². The number of likely N-dealkylation sites (tertiary alicyclic amines) is 1. The number of carbonyl (C=O) groups excluding carboxylic acids is 2. The summed E-state index contributed by atoms with van der Waals surface area (Å²) in [7, 11) is 1.62. The number of carbonyl (C=O) groups is 2. The van der Waals surface area contributed by atoms with Crippen molar-refractivity contribution in [1.82, 2.24) is 19.8 Å². The second-order valence-corrected chi connectivity index (χ2v) is 8.26. The maximum Gasteiger partial charge on any atom is 0.410 e. The van der Waals surface area contributed by atoms with Crippen LogP contribution in [0.25, 0.3) is 10.9 Å². The van der Waals surface area contributed by atoms with Gasteiger partial charge in [0, 0.05) is 37.9 Å². The SMILES string of the molecule is CC.CC.Cn1cc(C(=O)NCC2CCCCN2C(=O)OC(C)(C)C)c2cc[nH]c2c1=O. The first-order chi connectivity index (χ1) is 15.2. The number of ether oxygens (including phenoxy) is 1. The van der Waals surface area contributed by atoms with Crippen LogP contribution in [0.15, 0.2) is 23.3 Å². The minimum absolute atomic E-state index is 0.109. The highest BCUT2D eigenvalue weighted by molar-refractivity contribution is 6.05. The van der Waals surface area contributed by atoms with Crippen molar-refractivity contribution in [2.24, 2.45) is 7.05 Å². The van der Waals surface area contributed by atoms with Crippen molar-refractivity contribution in [2.75, 3.05) is 13.1 Å². The van der Waals surface area contributed by atoms with E-state index in [-0.39, 0.29) is 23.6 Å². The first-order valence-corrected chi connectivity index (χ1v) is 11.6. The third-order valence-electron chi connectivity index (χ3n) is 4.89. The molecule has 1 aliphatic rings. The highest BCUT2D eigenvalue weighted by atomic mass is 16.6. The summed E-state index contributed by atoms with van der Waals surface area (Å²) in [5.74, 6) is -0.269. The molecule has 2 aromatic heterocycles. The molecule has 1 unspecified atom stereocenters. The van der Waals surface area contributed by atoms with Crippen LogP contribution in [0.4, 0.5) is 4.79 Å². The molecule has 32 heavy (non-hydrogen) atoms. The predicted octanol–water partition coefficient (Wildman–Crippen LogP) is 4.44. The standard InChI is InChI=1S/C20H28N4O4.2C2H6/c1-20(2,3)28-19(27)24-10-6-5-7-13(24)11-22-17(25)15-12-23(4)18(26)16-14(15)8-9-21-16;2*1-2/h8-9,12-13,21H,5-7,10-11H2,1-4H3,(H,22,25);2*1-2H3. The normalized spacial score (nSPS) is 15.8. The molecule has 0 aliphatic carbocycles. The lowest BCUT2D eigenvalue weighted by molar-refractivity contribution is 0.00986. The fraction of sp³-hybridized carbons (Fsp3) is 0.625. The van der Waals surface area contributed by atoms with Gasteiger partial charge in [-0.15, -0.1) is 0 Å². The van der Waals surface area contributed by atoms with Crippen molar-refractivity contribution in [2.45, 2.75) is 79.4 Å². The number of hydrogen-bond acceptors (Lipinski definition) is 4. The number of rotatable bonds is 3. The summed E-state index contributed by atoms with van der Waals surface area (Å²) in [6.45, 7) is 14.5. The molecule has 1 fully saturated rings. The van der Waals surface area contributed by atoms with Crippen LogP contribution in [0.5, 0.6) is 0 Å². The molecule has 0 spiro atoms. The summed E-state index contributed by atoms with van der Waals surface area (Å²) in [5.41, 5.74) is 0.0953. The van der Waals surface area contributed by atoms with Crippen molar-refractivity contribution in [1.29, 1.82) is 0 Å². The summed E-state index contributed by atoms with van der Waals surface area (Å²) >= 11 is 0. The predicted molar refractivity (Wildman–Crippen MR) is 129 cm³/mol. The van der Waals surface area contributed by atoms with Gasteiger partial charge in [0.1, 0.15) is 11.1 Å². The number of hydrogen-bond donors (Lipinski definition) is 2. The minimum Gasteiger partial charge on any atom is -0.444 e. The molecular weight excluding hydrogens is 408 g/mol. The number of fused-ring (bicyclic) bond motifs is 1. The molecule has 1 aliphatic heterocycles. The van der Waals surface area contributed by atoms with E-state index in [0.29, 0.717) is 29.6 Å². The van der Waals surface area contributed by atoms with Gasteiger partial charge in [-0.3, -0.25) is 9.59 Å². The zero-order valence-corrected chi connectivity index (χ0v) is 20.9. The first-order valence-electron chi connectivity index (χ1n) is 11.6. The average molecular weight is 449 g/mol. The largest absolute Gasteiger partial charge is 0.444 e. The van der Waals surface area contributed by atoms with Crippen molar-refractivity contribution in [3.8, 4) is 0 Å². The van der Waals surface area contributed by atoms with E-state index >= 15 is 0 Å². The average Bonchev–Trinajstić information content (AvgIpc) is 3.26. The maximum absolute atomic E-state index is 12.8. The fourth-order valence-corrected chi connectivity index (χ4v) is 3.53. The number of nitrogens with zero attached hydrogens (tertiary/aromatic N) is 2. The summed E-state index contributed by atoms with van der Waals surface area (Å²) in [6, 6.07) is 1.61. The Morgan fingerprint density at radius 1 is 1.19 bits per heavy atom. The number of aromatic nitrogens is 2. The molecule has 2 amide bonds. The van der Waals surface area contributed by atoms with E-state index in [4.69, 9.17) is 4.74 Å². The molecule has 2 N–H and O–H groups in total. The van der Waals surface area contributed by atoms with Gasteiger partial charge >= 0.3 is 6.09 Å². The van der Waals surface area contributed by atoms with Gasteiger partial charge in [-0.2, -0.15) is 0 Å². The van der Waals surface area contributed by atoms with Crippen molar-refractivity contribution in [3.05, 3.63) is 34.4 Å². The number of pyridine rings is 1. The number of piperidine rings is 1. The van der Waals surface area contributed by atoms with Crippen LogP contribution in [0, 0.1) is 0 Å². The monoisotopic (exact) mass is 448 g/mol. The lowest BCUT2D eigenvalue weighted by Crippen LogP contribution is -2.50. The van der Waals surface area contributed by atoms with Gasteiger partial charge in [0.2, 0.25) is 0 Å². The molecule has 8 nitrogen and oxygen atoms in total. The summed E-state index contributed by atoms with van der Waals surface area (Å²) < 4.78 is 6.90. The van der Waals surface area contributed by atoms with Crippen LogP contribution in [-0.4, -0.2) is 51.2 Å². The number of amides is 2. The van der Waals surface area contributed by atoms with Crippen molar-refractivity contribution in [3.63, 3.8) is 0 Å². The van der Waals surface area contributed by atoms with Crippen LogP contribution < -0.4 is 10.9 Å². The summed E-state index contributed by atoms with van der Waals surface area (Å²) in [6.07, 6.45) is 5.58. The molecule has 1 saturated heterocycles. The van der Waals surface area contributed by atoms with Crippen molar-refractivity contribution >= 4 is 22.9 Å². The van der Waals surface area contributed by atoms with E-state index in [1.54, 1.807) is 30.4 Å². The lowest BCUT2D eigenvalue weighted by Gasteiger charge is -2.36. The molecule has 0 radical (unpaired) electrons. The van der Waals surface area contributed by atoms with Gasteiger partial charge in [0.25, 0.3) is 11.5 Å². The molecule has 8 heteroatoms. The van der Waals surface area contributed by atoms with E-state index in [1.807, 2.05) is 48.5 Å². The van der Waals surface area contributed by atoms with Crippen LogP contribution in [0.1, 0.15) is 78.1 Å². The van der Waals surface area contributed by atoms with Crippen LogP contribution in [0.2, 0.25) is 0 Å². The fourth-order valence-electron chi connectivity index (χ4n) is 3.53. The van der Waals surface area contributed by atoms with Crippen LogP contribution >= 0.6 is 0 Å². The molecule has 1 atom stereocenters. The molecule has 0 bridgehead atoms. The smallest absolute Gasteiger partial charge is 0.410 e. The molecular formula is C24H40N4O4. The Balaban J connectivity index is 0.00000121. The van der Waals surface area contributed by atoms with E-state index in [0.717, 1.165) is 19.3 Å². The summed E-state index contributed by atoms with van der Waals surface area (Å²) in [4.78, 5) is 42.0. The molecule has 180 valence electrons. The Hall–Kier alpha value is -2.77. The second kappa shape index (κ2) is 12.3. The number of aryl methyl sites for hydroxylation is 1. The zero-order chi connectivity index (χ0) is 24.5. The maximum atomic E-state index is 12.8. The van der Waals surface area contributed by atoms with E-state index < -0.39 is 5.60 Å². The lowest BCUT2D eigenvalue weighted by atomic mass is 10.0. The highest BCUT2D eigenvalue weighted by Gasteiger charge is 2.30. The third-order valence-corrected chi connectivity index (χ3v) is 4.89. The van der Waals surface area contributed by atoms with Crippen molar-refractivity contribution < 1.29 is 14.3 Å². The Kier molecular flexibility index (Phi) is 10.5. The molecule has 2 aromatic rings. The quantitative estimate of drug-likeness (QED) is 0.725. The van der Waals surface area contributed by atoms with Gasteiger partial charge < -0.3 is 24.5 Å². The van der Waals surface area contributed by atoms with E-state index in [2.05, 4.69) is 10.3 Å². The molecule has 3 rings (SSSR count). The summed E-state index contributed by atoms with van der Waals surface area (Å²) in [5, 5.41) is 3.52.